The Bertz CT molecular complexity index is 2390. The van der Waals surface area contributed by atoms with Crippen molar-refractivity contribution in [3.05, 3.63) is 209 Å². The number of benzene rings is 4. The lowest BCUT2D eigenvalue weighted by atomic mass is 9.98. The maximum absolute atomic E-state index is 10.2. The van der Waals surface area contributed by atoms with Gasteiger partial charge in [-0.2, -0.15) is 0 Å². The standard InChI is InChI=1S/C44H28N4O/c49-32-18-16-31(17-19-32)44-39-26-24-37(47-39)42(29-12-6-2-7-13-29)35-22-20-33(45-35)41(28-10-4-1-5-11-28)34-21-23-36(46-34)43(30-14-8-3-9-15-30)38-25-27-40(44)48-38/h1-27,49H. The Hall–Kier alpha value is -6.72. The zero-order valence-electron chi connectivity index (χ0n) is 26.3. The average Bonchev–Trinajstić information content (AvgIpc) is 3.98. The van der Waals surface area contributed by atoms with E-state index in [-0.39, 0.29) is 5.75 Å². The predicted molar refractivity (Wildman–Crippen MR) is 201 cm³/mol. The Morgan fingerprint density at radius 1 is 0.286 bits per heavy atom. The second-order valence-electron chi connectivity index (χ2n) is 12.0. The first-order valence-electron chi connectivity index (χ1n) is 16.2. The van der Waals surface area contributed by atoms with E-state index < -0.39 is 0 Å². The van der Waals surface area contributed by atoms with Crippen molar-refractivity contribution in [2.75, 3.05) is 0 Å². The Labute approximate surface area is 284 Å². The second-order valence-corrected chi connectivity index (χ2v) is 12.0. The smallest absolute Gasteiger partial charge is 0.115 e. The van der Waals surface area contributed by atoms with E-state index in [2.05, 4.69) is 72.9 Å². The largest absolute Gasteiger partial charge is 0.508 e. The maximum Gasteiger partial charge on any atom is 0.115 e. The van der Waals surface area contributed by atoms with Gasteiger partial charge in [0.1, 0.15) is 5.75 Å². The molecule has 0 fully saturated rings. The predicted octanol–water partition coefficient (Wildman–Crippen LogP) is 9.39. The molecule has 4 aromatic rings. The number of phenolic OH excluding ortho intramolecular Hbond substituents is 1. The van der Waals surface area contributed by atoms with Crippen LogP contribution in [0.3, 0.4) is 0 Å². The molecule has 0 saturated heterocycles. The molecule has 0 radical (unpaired) electrons. The van der Waals surface area contributed by atoms with Crippen LogP contribution in [0.5, 0.6) is 5.75 Å². The van der Waals surface area contributed by atoms with Crippen molar-refractivity contribution in [1.29, 1.82) is 0 Å². The summed E-state index contributed by atoms with van der Waals surface area (Å²) in [5, 5.41) is 10.2. The van der Waals surface area contributed by atoms with Crippen molar-refractivity contribution >= 4 is 45.1 Å². The highest BCUT2D eigenvalue weighted by atomic mass is 16.3. The molecule has 5 aliphatic heterocycles. The Morgan fingerprint density at radius 3 is 0.837 bits per heavy atom. The molecule has 49 heavy (non-hydrogen) atoms. The van der Waals surface area contributed by atoms with Crippen molar-refractivity contribution in [3.8, 4) is 5.75 Å². The molecular weight excluding hydrogens is 601 g/mol. The highest BCUT2D eigenvalue weighted by molar-refractivity contribution is 6.39. The van der Waals surface area contributed by atoms with Crippen molar-refractivity contribution in [2.24, 2.45) is 20.0 Å². The van der Waals surface area contributed by atoms with Crippen LogP contribution in [-0.2, 0) is 0 Å². The third-order valence-electron chi connectivity index (χ3n) is 8.95. The molecule has 230 valence electrons. The molecule has 5 heterocycles. The van der Waals surface area contributed by atoms with E-state index in [0.29, 0.717) is 0 Å². The molecule has 4 aromatic carbocycles. The number of nitrogens with zero attached hydrogens (tertiary/aromatic N) is 4. The summed E-state index contributed by atoms with van der Waals surface area (Å²) >= 11 is 0. The van der Waals surface area contributed by atoms with Gasteiger partial charge in [0.2, 0.25) is 0 Å². The van der Waals surface area contributed by atoms with Gasteiger partial charge in [0.25, 0.3) is 0 Å². The minimum Gasteiger partial charge on any atom is -0.508 e. The normalized spacial score (nSPS) is 17.7. The Balaban J connectivity index is 1.37. The Morgan fingerprint density at radius 2 is 0.551 bits per heavy atom. The average molecular weight is 629 g/mol. The molecule has 0 amide bonds. The van der Waals surface area contributed by atoms with Crippen LogP contribution in [0.4, 0.5) is 0 Å². The van der Waals surface area contributed by atoms with E-state index in [0.717, 1.165) is 90.2 Å². The highest BCUT2D eigenvalue weighted by Gasteiger charge is 2.27. The van der Waals surface area contributed by atoms with E-state index in [9.17, 15) is 5.11 Å². The molecule has 0 aromatic heterocycles. The van der Waals surface area contributed by atoms with Crippen molar-refractivity contribution in [2.45, 2.75) is 0 Å². The van der Waals surface area contributed by atoms with Crippen LogP contribution in [0.25, 0.3) is 22.3 Å². The first-order valence-corrected chi connectivity index (χ1v) is 16.2. The van der Waals surface area contributed by atoms with Crippen LogP contribution in [0.1, 0.15) is 22.3 Å². The summed E-state index contributed by atoms with van der Waals surface area (Å²) in [6.45, 7) is 0. The van der Waals surface area contributed by atoms with E-state index in [1.165, 1.54) is 0 Å². The topological polar surface area (TPSA) is 69.7 Å². The number of fused-ring (bicyclic) bond motifs is 4. The molecule has 5 heteroatoms. The molecule has 0 aliphatic carbocycles. The molecule has 1 N–H and O–H groups in total. The van der Waals surface area contributed by atoms with Crippen LogP contribution < -0.4 is 0 Å². The minimum atomic E-state index is 0.201. The van der Waals surface area contributed by atoms with E-state index in [1.54, 1.807) is 12.1 Å². The summed E-state index contributed by atoms with van der Waals surface area (Å²) < 4.78 is 0. The van der Waals surface area contributed by atoms with Gasteiger partial charge in [-0.1, -0.05) is 103 Å². The summed E-state index contributed by atoms with van der Waals surface area (Å²) in [4.78, 5) is 21.1. The first kappa shape index (κ1) is 28.5. The van der Waals surface area contributed by atoms with Crippen molar-refractivity contribution in [1.82, 2.24) is 0 Å². The molecule has 0 saturated carbocycles. The van der Waals surface area contributed by atoms with Crippen molar-refractivity contribution in [3.63, 3.8) is 0 Å². The van der Waals surface area contributed by atoms with Crippen molar-refractivity contribution < 1.29 is 5.11 Å². The minimum absolute atomic E-state index is 0.201. The second kappa shape index (κ2) is 11.8. The number of aliphatic imine (C=N–C) groups is 4. The molecule has 9 rings (SSSR count). The van der Waals surface area contributed by atoms with Gasteiger partial charge in [-0.05, 0) is 83.0 Å². The van der Waals surface area contributed by atoms with Gasteiger partial charge in [0, 0.05) is 22.3 Å². The van der Waals surface area contributed by atoms with E-state index in [4.69, 9.17) is 20.0 Å². The molecular formula is C44H28N4O. The van der Waals surface area contributed by atoms with Gasteiger partial charge >= 0.3 is 0 Å². The van der Waals surface area contributed by atoms with Crippen LogP contribution in [0, 0.1) is 0 Å². The summed E-state index contributed by atoms with van der Waals surface area (Å²) in [5.41, 5.74) is 14.2. The van der Waals surface area contributed by atoms with Gasteiger partial charge in [0.15, 0.2) is 0 Å². The number of hydrogen-bond acceptors (Lipinski definition) is 5. The SMILES string of the molecule is Oc1ccc(C2=C3C=CC(=N3)C(c3ccccc3)=C3C=CC(=N3)C(c3ccccc3)=C3C=CC(=N3)C(c3ccccc3)=C3C=CC2=N3)cc1. The van der Waals surface area contributed by atoms with Crippen LogP contribution in [0.2, 0.25) is 0 Å². The zero-order valence-corrected chi connectivity index (χ0v) is 26.3. The number of phenols is 1. The number of aromatic hydroxyl groups is 1. The number of hydrogen-bond donors (Lipinski definition) is 1. The third-order valence-corrected chi connectivity index (χ3v) is 8.95. The van der Waals surface area contributed by atoms with Gasteiger partial charge in [-0.15, -0.1) is 0 Å². The fourth-order valence-electron chi connectivity index (χ4n) is 6.71. The fourth-order valence-corrected chi connectivity index (χ4v) is 6.71. The van der Waals surface area contributed by atoms with E-state index in [1.807, 2.05) is 78.9 Å². The van der Waals surface area contributed by atoms with Gasteiger partial charge in [0.05, 0.1) is 45.6 Å². The lowest BCUT2D eigenvalue weighted by molar-refractivity contribution is 0.475. The quantitative estimate of drug-likeness (QED) is 0.240. The van der Waals surface area contributed by atoms with Crippen LogP contribution in [-0.4, -0.2) is 28.0 Å². The molecule has 0 unspecified atom stereocenters. The van der Waals surface area contributed by atoms with Gasteiger partial charge < -0.3 is 5.11 Å². The maximum atomic E-state index is 10.2. The van der Waals surface area contributed by atoms with Crippen LogP contribution >= 0.6 is 0 Å². The van der Waals surface area contributed by atoms with E-state index >= 15 is 0 Å². The summed E-state index contributed by atoms with van der Waals surface area (Å²) in [6.07, 6.45) is 16.5. The van der Waals surface area contributed by atoms with Gasteiger partial charge in [-0.3, -0.25) is 0 Å². The Kier molecular flexibility index (Phi) is 6.87. The molecule has 0 atom stereocenters. The monoisotopic (exact) mass is 628 g/mol. The molecule has 5 nitrogen and oxygen atoms in total. The van der Waals surface area contributed by atoms with Gasteiger partial charge in [-0.25, -0.2) is 20.0 Å². The summed E-state index contributed by atoms with van der Waals surface area (Å²) in [5.74, 6) is 0.201. The lowest BCUT2D eigenvalue weighted by Gasteiger charge is -2.12. The molecule has 0 spiro atoms. The molecule has 8 bridgehead atoms. The summed E-state index contributed by atoms with van der Waals surface area (Å²) in [6, 6.07) is 38.1. The zero-order chi connectivity index (χ0) is 32.7. The first-order chi connectivity index (χ1) is 24.2. The number of allylic oxidation sites excluding steroid dienone is 12. The summed E-state index contributed by atoms with van der Waals surface area (Å²) in [7, 11) is 0. The highest BCUT2D eigenvalue weighted by Crippen LogP contribution is 2.38. The van der Waals surface area contributed by atoms with Crippen LogP contribution in [0.15, 0.2) is 207 Å². The lowest BCUT2D eigenvalue weighted by Crippen LogP contribution is -2.03. The molecule has 5 aliphatic rings. The number of rotatable bonds is 4. The third kappa shape index (κ3) is 5.14. The fraction of sp³-hybridized carbons (Fsp3) is 0.